The summed E-state index contributed by atoms with van der Waals surface area (Å²) in [5.41, 5.74) is 3.88. The zero-order valence-corrected chi connectivity index (χ0v) is 19.4. The lowest BCUT2D eigenvalue weighted by Crippen LogP contribution is -2.23. The average molecular weight is 475 g/mol. The number of aromatic nitrogens is 2. The summed E-state index contributed by atoms with van der Waals surface area (Å²) in [6.07, 6.45) is 0.372. The Morgan fingerprint density at radius 2 is 2.06 bits per heavy atom. The highest BCUT2D eigenvalue weighted by Gasteiger charge is 2.27. The van der Waals surface area contributed by atoms with E-state index in [4.69, 9.17) is 4.84 Å². The minimum atomic E-state index is -4.32. The number of hydrogen-bond acceptors (Lipinski definition) is 5. The number of oxime groups is 1. The molecule has 2 aromatic heterocycles. The summed E-state index contributed by atoms with van der Waals surface area (Å²) in [6.45, 7) is 4.47. The fourth-order valence-corrected chi connectivity index (χ4v) is 3.57. The van der Waals surface area contributed by atoms with E-state index < -0.39 is 24.8 Å². The van der Waals surface area contributed by atoms with Crippen molar-refractivity contribution in [2.45, 2.75) is 38.8 Å². The Labute approximate surface area is 197 Å². The van der Waals surface area contributed by atoms with Crippen molar-refractivity contribution < 1.29 is 22.8 Å². The highest BCUT2D eigenvalue weighted by Crippen LogP contribution is 2.24. The zero-order chi connectivity index (χ0) is 24.6. The number of alkyl halides is 3. The van der Waals surface area contributed by atoms with Gasteiger partial charge in [0.2, 0.25) is 0 Å². The number of rotatable bonds is 12. The summed E-state index contributed by atoms with van der Waals surface area (Å²) in [4.78, 5) is 23.9. The third-order valence-electron chi connectivity index (χ3n) is 5.29. The molecule has 182 valence electrons. The number of carbonyl (C=O) groups is 1. The second-order valence-electron chi connectivity index (χ2n) is 8.23. The van der Waals surface area contributed by atoms with Crippen molar-refractivity contribution >= 4 is 17.6 Å². The Morgan fingerprint density at radius 3 is 2.82 bits per heavy atom. The minimum Gasteiger partial charge on any atom is -0.394 e. The van der Waals surface area contributed by atoms with E-state index in [-0.39, 0.29) is 6.42 Å². The van der Waals surface area contributed by atoms with Crippen LogP contribution in [0.4, 0.5) is 13.2 Å². The van der Waals surface area contributed by atoms with Gasteiger partial charge in [-0.15, -0.1) is 0 Å². The molecule has 0 saturated carbocycles. The molecule has 0 spiro atoms. The number of pyridine rings is 1. The van der Waals surface area contributed by atoms with E-state index >= 15 is 0 Å². The number of carbonyl (C=O) groups excluding carboxylic acids is 1. The Kier molecular flexibility index (Phi) is 8.81. The summed E-state index contributed by atoms with van der Waals surface area (Å²) < 4.78 is 39.0. The van der Waals surface area contributed by atoms with Crippen LogP contribution in [0.3, 0.4) is 0 Å². The molecule has 34 heavy (non-hydrogen) atoms. The van der Waals surface area contributed by atoms with E-state index in [1.807, 2.05) is 41.9 Å². The Balaban J connectivity index is 1.64. The van der Waals surface area contributed by atoms with E-state index in [1.54, 1.807) is 24.5 Å². The molecule has 9 heteroatoms. The summed E-state index contributed by atoms with van der Waals surface area (Å²) in [6, 6.07) is 11.0. The number of fused-ring (bicyclic) bond motifs is 1. The van der Waals surface area contributed by atoms with Crippen molar-refractivity contribution in [3.05, 3.63) is 59.9 Å². The maximum absolute atomic E-state index is 12.4. The maximum Gasteiger partial charge on any atom is 0.389 e. The first-order valence-corrected chi connectivity index (χ1v) is 11.2. The van der Waals surface area contributed by atoms with E-state index in [9.17, 15) is 18.0 Å². The molecule has 1 aromatic carbocycles. The molecule has 3 aromatic rings. The van der Waals surface area contributed by atoms with Crippen LogP contribution in [0.25, 0.3) is 16.9 Å². The van der Waals surface area contributed by atoms with Crippen LogP contribution >= 0.6 is 0 Å². The van der Waals surface area contributed by atoms with Crippen LogP contribution in [0, 0.1) is 0 Å². The van der Waals surface area contributed by atoms with Gasteiger partial charge < -0.3 is 9.74 Å². The summed E-state index contributed by atoms with van der Waals surface area (Å²) in [5, 5.41) is 4.02. The van der Waals surface area contributed by atoms with Gasteiger partial charge in [0.15, 0.2) is 0 Å². The molecular formula is C25H29F3N4O2. The monoisotopic (exact) mass is 474 g/mol. The molecule has 0 unspecified atom stereocenters. The second-order valence-corrected chi connectivity index (χ2v) is 8.23. The second kappa shape index (κ2) is 11.8. The van der Waals surface area contributed by atoms with Crippen molar-refractivity contribution in [3.8, 4) is 11.3 Å². The lowest BCUT2D eigenvalue weighted by molar-refractivity contribution is -0.143. The maximum atomic E-state index is 12.4. The van der Waals surface area contributed by atoms with Crippen LogP contribution < -0.4 is 0 Å². The Morgan fingerprint density at radius 1 is 1.24 bits per heavy atom. The third-order valence-corrected chi connectivity index (χ3v) is 5.29. The zero-order valence-electron chi connectivity index (χ0n) is 19.4. The topological polar surface area (TPSA) is 59.2 Å². The quantitative estimate of drug-likeness (QED) is 0.207. The average Bonchev–Trinajstić information content (AvgIpc) is 3.21. The number of benzene rings is 1. The molecule has 3 rings (SSSR count). The van der Waals surface area contributed by atoms with Crippen molar-refractivity contribution in [3.63, 3.8) is 0 Å². The number of imidazole rings is 1. The lowest BCUT2D eigenvalue weighted by Gasteiger charge is -2.13. The molecule has 0 aliphatic carbocycles. The van der Waals surface area contributed by atoms with E-state index in [0.29, 0.717) is 17.8 Å². The first-order valence-electron chi connectivity index (χ1n) is 11.2. The summed E-state index contributed by atoms with van der Waals surface area (Å²) in [7, 11) is 2.04. The van der Waals surface area contributed by atoms with Crippen molar-refractivity contribution in [2.75, 3.05) is 26.7 Å². The molecule has 2 heterocycles. The number of halogens is 3. The molecule has 0 saturated heterocycles. The number of Topliss-reactive ketones (excluding diaryl/α,β-unsaturated/α-hetero) is 1. The van der Waals surface area contributed by atoms with Crippen LogP contribution in [-0.2, 0) is 16.1 Å². The van der Waals surface area contributed by atoms with Gasteiger partial charge in [-0.05, 0) is 43.8 Å². The molecule has 0 amide bonds. The number of hydrogen-bond donors (Lipinski definition) is 0. The third kappa shape index (κ3) is 7.69. The lowest BCUT2D eigenvalue weighted by atomic mass is 10.0. The molecule has 0 aliphatic heterocycles. The fraction of sp³-hybridized carbons (Fsp3) is 0.400. The van der Waals surface area contributed by atoms with Gasteiger partial charge in [0.25, 0.3) is 0 Å². The number of nitrogens with zero attached hydrogens (tertiary/aromatic N) is 4. The van der Waals surface area contributed by atoms with Gasteiger partial charge in [0.1, 0.15) is 18.0 Å². The van der Waals surface area contributed by atoms with Gasteiger partial charge in [-0.2, -0.15) is 13.2 Å². The standard InChI is InChI=1S/C25H29F3N4O2/c1-3-10-31(2)12-13-34-30-17-20-8-11-32-23(18-29-24(32)16-20)21-6-4-5-19(14-21)15-22(33)7-9-25(26,27)28/h4-6,8,11,14,16-18H,3,7,9-10,12-13,15H2,1-2H3/b30-17-. The van der Waals surface area contributed by atoms with Gasteiger partial charge in [-0.1, -0.05) is 30.3 Å². The van der Waals surface area contributed by atoms with Crippen molar-refractivity contribution in [1.82, 2.24) is 14.3 Å². The van der Waals surface area contributed by atoms with E-state index in [0.717, 1.165) is 36.3 Å². The van der Waals surface area contributed by atoms with Crippen molar-refractivity contribution in [1.29, 1.82) is 0 Å². The number of ketones is 1. The first kappa shape index (κ1) is 25.4. The predicted molar refractivity (Wildman–Crippen MR) is 126 cm³/mol. The highest BCUT2D eigenvalue weighted by atomic mass is 19.4. The van der Waals surface area contributed by atoms with E-state index in [2.05, 4.69) is 22.0 Å². The summed E-state index contributed by atoms with van der Waals surface area (Å²) in [5.74, 6) is -0.434. The smallest absolute Gasteiger partial charge is 0.389 e. The molecule has 0 aliphatic rings. The Hall–Kier alpha value is -3.20. The van der Waals surface area contributed by atoms with Crippen LogP contribution in [0.5, 0.6) is 0 Å². The molecule has 0 bridgehead atoms. The molecule has 0 fully saturated rings. The van der Waals surface area contributed by atoms with Crippen LogP contribution in [0.1, 0.15) is 37.3 Å². The number of likely N-dealkylation sites (N-methyl/N-ethyl adjacent to an activating group) is 1. The van der Waals surface area contributed by atoms with Crippen LogP contribution in [0.15, 0.2) is 53.9 Å². The summed E-state index contributed by atoms with van der Waals surface area (Å²) >= 11 is 0. The van der Waals surface area contributed by atoms with Gasteiger partial charge in [0, 0.05) is 36.7 Å². The normalized spacial score (nSPS) is 12.2. The fourth-order valence-electron chi connectivity index (χ4n) is 3.57. The van der Waals surface area contributed by atoms with Gasteiger partial charge >= 0.3 is 6.18 Å². The molecule has 0 radical (unpaired) electrons. The van der Waals surface area contributed by atoms with Crippen LogP contribution in [0.2, 0.25) is 0 Å². The van der Waals surface area contributed by atoms with E-state index in [1.165, 1.54) is 0 Å². The Bertz CT molecular complexity index is 1120. The van der Waals surface area contributed by atoms with Gasteiger partial charge in [0.05, 0.1) is 24.5 Å². The SMILES string of the molecule is CCCN(C)CCO/N=C\c1ccn2c(-c3cccc(CC(=O)CCC(F)(F)F)c3)cnc2c1. The van der Waals surface area contributed by atoms with Crippen molar-refractivity contribution in [2.24, 2.45) is 5.16 Å². The molecular weight excluding hydrogens is 445 g/mol. The molecule has 0 atom stereocenters. The predicted octanol–water partition coefficient (Wildman–Crippen LogP) is 5.15. The first-order chi connectivity index (χ1) is 16.2. The minimum absolute atomic E-state index is 0.0322. The van der Waals surface area contributed by atoms with Gasteiger partial charge in [-0.25, -0.2) is 4.98 Å². The van der Waals surface area contributed by atoms with Gasteiger partial charge in [-0.3, -0.25) is 9.20 Å². The van der Waals surface area contributed by atoms with Crippen LogP contribution in [-0.4, -0.2) is 59.2 Å². The largest absolute Gasteiger partial charge is 0.394 e. The molecule has 6 nitrogen and oxygen atoms in total. The molecule has 0 N–H and O–H groups in total. The highest BCUT2D eigenvalue weighted by molar-refractivity contribution is 5.82.